The number of hydrogen-bond acceptors (Lipinski definition) is 4. The molecular weight excluding hydrogens is 278 g/mol. The predicted molar refractivity (Wildman–Crippen MR) is 86.5 cm³/mol. The second-order valence-electron chi connectivity index (χ2n) is 5.02. The fourth-order valence-electron chi connectivity index (χ4n) is 2.45. The van der Waals surface area contributed by atoms with Crippen molar-refractivity contribution in [2.75, 3.05) is 12.4 Å². The lowest BCUT2D eigenvalue weighted by molar-refractivity contribution is 0.408. The Morgan fingerprint density at radius 1 is 1.18 bits per heavy atom. The lowest BCUT2D eigenvalue weighted by atomic mass is 10.1. The lowest BCUT2D eigenvalue weighted by Gasteiger charge is -2.17. The largest absolute Gasteiger partial charge is 0.496 e. The van der Waals surface area contributed by atoms with E-state index in [0.29, 0.717) is 11.5 Å². The number of para-hydroxylation sites is 1. The van der Waals surface area contributed by atoms with Gasteiger partial charge in [-0.15, -0.1) is 0 Å². The molecule has 3 rings (SSSR count). The molecule has 0 amide bonds. The molecule has 3 aromatic rings. The van der Waals surface area contributed by atoms with Gasteiger partial charge in [-0.3, -0.25) is 9.20 Å². The molecule has 1 aromatic carbocycles. The third-order valence-corrected chi connectivity index (χ3v) is 3.54. The first kappa shape index (κ1) is 14.1. The van der Waals surface area contributed by atoms with E-state index in [4.69, 9.17) is 4.74 Å². The Labute approximate surface area is 128 Å². The number of hydrogen-bond donors (Lipinski definition) is 1. The van der Waals surface area contributed by atoms with Crippen molar-refractivity contribution >= 4 is 11.5 Å². The normalized spacial score (nSPS) is 12.1. The zero-order valence-corrected chi connectivity index (χ0v) is 12.5. The van der Waals surface area contributed by atoms with Gasteiger partial charge in [0.1, 0.15) is 17.2 Å². The molecule has 0 aliphatic heterocycles. The second kappa shape index (κ2) is 5.89. The Morgan fingerprint density at radius 3 is 2.77 bits per heavy atom. The molecule has 1 N–H and O–H groups in total. The molecule has 112 valence electrons. The van der Waals surface area contributed by atoms with Crippen LogP contribution in [0.25, 0.3) is 5.65 Å². The van der Waals surface area contributed by atoms with E-state index in [2.05, 4.69) is 10.3 Å². The summed E-state index contributed by atoms with van der Waals surface area (Å²) >= 11 is 0. The number of pyridine rings is 1. The number of nitrogens with zero attached hydrogens (tertiary/aromatic N) is 2. The molecule has 0 saturated carbocycles. The van der Waals surface area contributed by atoms with Crippen molar-refractivity contribution in [2.24, 2.45) is 0 Å². The van der Waals surface area contributed by atoms with Gasteiger partial charge < -0.3 is 10.1 Å². The summed E-state index contributed by atoms with van der Waals surface area (Å²) in [5, 5.41) is 3.26. The van der Waals surface area contributed by atoms with Gasteiger partial charge in [-0.2, -0.15) is 0 Å². The van der Waals surface area contributed by atoms with Crippen molar-refractivity contribution in [2.45, 2.75) is 13.0 Å². The number of anilines is 1. The Kier molecular flexibility index (Phi) is 3.78. The van der Waals surface area contributed by atoms with E-state index in [-0.39, 0.29) is 11.6 Å². The molecule has 0 fully saturated rings. The molecule has 2 aromatic heterocycles. The topological polar surface area (TPSA) is 55.6 Å². The van der Waals surface area contributed by atoms with Gasteiger partial charge in [0.15, 0.2) is 0 Å². The number of nitrogens with one attached hydrogen (secondary N) is 1. The smallest absolute Gasteiger partial charge is 0.259 e. The molecule has 0 radical (unpaired) electrons. The first-order valence-electron chi connectivity index (χ1n) is 7.07. The summed E-state index contributed by atoms with van der Waals surface area (Å²) in [5.41, 5.74) is 1.52. The van der Waals surface area contributed by atoms with Crippen LogP contribution in [0.5, 0.6) is 5.75 Å². The summed E-state index contributed by atoms with van der Waals surface area (Å²) < 4.78 is 6.88. The van der Waals surface area contributed by atoms with Gasteiger partial charge >= 0.3 is 0 Å². The van der Waals surface area contributed by atoms with Crippen LogP contribution in [-0.2, 0) is 0 Å². The molecule has 0 saturated heterocycles. The van der Waals surface area contributed by atoms with Gasteiger partial charge in [-0.1, -0.05) is 24.3 Å². The third-order valence-electron chi connectivity index (χ3n) is 3.54. The van der Waals surface area contributed by atoms with Crippen LogP contribution in [0, 0.1) is 0 Å². The van der Waals surface area contributed by atoms with Gasteiger partial charge in [0.2, 0.25) is 0 Å². The first-order chi connectivity index (χ1) is 10.7. The third kappa shape index (κ3) is 2.65. The molecule has 5 nitrogen and oxygen atoms in total. The standard InChI is InChI=1S/C17H17N3O2/c1-12(13-7-3-4-8-14(13)22-2)18-15-11-17(21)20-10-6-5-9-16(20)19-15/h3-12,18H,1-2H3. The Morgan fingerprint density at radius 2 is 1.95 bits per heavy atom. The van der Waals surface area contributed by atoms with Crippen LogP contribution in [0.15, 0.2) is 59.5 Å². The van der Waals surface area contributed by atoms with E-state index in [1.165, 1.54) is 10.5 Å². The van der Waals surface area contributed by atoms with E-state index in [1.54, 1.807) is 25.4 Å². The molecule has 1 atom stereocenters. The number of aromatic nitrogens is 2. The molecule has 22 heavy (non-hydrogen) atoms. The molecule has 0 bridgehead atoms. The zero-order valence-electron chi connectivity index (χ0n) is 12.5. The maximum absolute atomic E-state index is 12.1. The quantitative estimate of drug-likeness (QED) is 0.804. The maximum Gasteiger partial charge on any atom is 0.259 e. The fourth-order valence-corrected chi connectivity index (χ4v) is 2.45. The molecule has 0 aliphatic carbocycles. The Balaban J connectivity index is 1.94. The van der Waals surface area contributed by atoms with Crippen LogP contribution in [0.4, 0.5) is 5.82 Å². The maximum atomic E-state index is 12.1. The SMILES string of the molecule is COc1ccccc1C(C)Nc1cc(=O)n2ccccc2n1. The number of methoxy groups -OCH3 is 1. The molecular formula is C17H17N3O2. The molecule has 2 heterocycles. The number of benzene rings is 1. The van der Waals surface area contributed by atoms with Crippen LogP contribution in [0.2, 0.25) is 0 Å². The summed E-state index contributed by atoms with van der Waals surface area (Å²) in [7, 11) is 1.65. The van der Waals surface area contributed by atoms with Crippen molar-refractivity contribution in [1.29, 1.82) is 0 Å². The molecule has 5 heteroatoms. The average Bonchev–Trinajstić information content (AvgIpc) is 2.55. The highest BCUT2D eigenvalue weighted by atomic mass is 16.5. The van der Waals surface area contributed by atoms with E-state index in [9.17, 15) is 4.79 Å². The van der Waals surface area contributed by atoms with Gasteiger partial charge in [0, 0.05) is 17.8 Å². The van der Waals surface area contributed by atoms with Crippen LogP contribution >= 0.6 is 0 Å². The molecule has 1 unspecified atom stereocenters. The van der Waals surface area contributed by atoms with Crippen LogP contribution in [0.3, 0.4) is 0 Å². The van der Waals surface area contributed by atoms with E-state index in [1.807, 2.05) is 37.3 Å². The highest BCUT2D eigenvalue weighted by Crippen LogP contribution is 2.26. The molecule has 0 spiro atoms. The predicted octanol–water partition coefficient (Wildman–Crippen LogP) is 2.88. The number of fused-ring (bicyclic) bond motifs is 1. The van der Waals surface area contributed by atoms with Crippen LogP contribution in [-0.4, -0.2) is 16.5 Å². The van der Waals surface area contributed by atoms with Crippen molar-refractivity contribution in [3.8, 4) is 5.75 Å². The minimum Gasteiger partial charge on any atom is -0.496 e. The monoisotopic (exact) mass is 295 g/mol. The highest BCUT2D eigenvalue weighted by molar-refractivity contribution is 5.48. The van der Waals surface area contributed by atoms with Crippen LogP contribution < -0.4 is 15.6 Å². The summed E-state index contributed by atoms with van der Waals surface area (Å²) in [4.78, 5) is 16.6. The number of rotatable bonds is 4. The Bertz CT molecular complexity index is 858. The van der Waals surface area contributed by atoms with Crippen molar-refractivity contribution in [1.82, 2.24) is 9.38 Å². The van der Waals surface area contributed by atoms with E-state index < -0.39 is 0 Å². The summed E-state index contributed by atoms with van der Waals surface area (Å²) in [5.74, 6) is 1.36. The second-order valence-corrected chi connectivity index (χ2v) is 5.02. The summed E-state index contributed by atoms with van der Waals surface area (Å²) in [6.45, 7) is 2.01. The fraction of sp³-hybridized carbons (Fsp3) is 0.176. The summed E-state index contributed by atoms with van der Waals surface area (Å²) in [6, 6.07) is 14.7. The Hall–Kier alpha value is -2.82. The first-order valence-corrected chi connectivity index (χ1v) is 7.07. The van der Waals surface area contributed by atoms with Gasteiger partial charge in [0.05, 0.1) is 13.2 Å². The van der Waals surface area contributed by atoms with Crippen molar-refractivity contribution < 1.29 is 4.74 Å². The molecule has 0 aliphatic rings. The van der Waals surface area contributed by atoms with E-state index in [0.717, 1.165) is 11.3 Å². The highest BCUT2D eigenvalue weighted by Gasteiger charge is 2.12. The lowest BCUT2D eigenvalue weighted by Crippen LogP contribution is -2.17. The summed E-state index contributed by atoms with van der Waals surface area (Å²) in [6.07, 6.45) is 1.71. The van der Waals surface area contributed by atoms with Gasteiger partial charge in [0.25, 0.3) is 5.56 Å². The van der Waals surface area contributed by atoms with Crippen molar-refractivity contribution in [3.63, 3.8) is 0 Å². The minimum absolute atomic E-state index is 0.0331. The average molecular weight is 295 g/mol. The van der Waals surface area contributed by atoms with Gasteiger partial charge in [-0.05, 0) is 25.1 Å². The number of ether oxygens (including phenoxy) is 1. The zero-order chi connectivity index (χ0) is 15.5. The van der Waals surface area contributed by atoms with Gasteiger partial charge in [-0.25, -0.2) is 4.98 Å². The van der Waals surface area contributed by atoms with Crippen molar-refractivity contribution in [3.05, 3.63) is 70.6 Å². The minimum atomic E-state index is -0.111. The van der Waals surface area contributed by atoms with Crippen LogP contribution in [0.1, 0.15) is 18.5 Å². The van der Waals surface area contributed by atoms with E-state index >= 15 is 0 Å².